The molecular formula is C21H24N2O8. The summed E-state index contributed by atoms with van der Waals surface area (Å²) in [4.78, 5) is 35.4. The molecule has 166 valence electrons. The highest BCUT2D eigenvalue weighted by Crippen LogP contribution is 2.30. The maximum absolute atomic E-state index is 12.5. The molecule has 0 aliphatic heterocycles. The van der Waals surface area contributed by atoms with Gasteiger partial charge in [0.15, 0.2) is 17.6 Å². The fourth-order valence-corrected chi connectivity index (χ4v) is 2.60. The first-order valence-corrected chi connectivity index (χ1v) is 9.54. The average molecular weight is 432 g/mol. The van der Waals surface area contributed by atoms with Crippen LogP contribution in [0.1, 0.15) is 31.1 Å². The van der Waals surface area contributed by atoms with Crippen LogP contribution in [0.4, 0.5) is 11.4 Å². The lowest BCUT2D eigenvalue weighted by atomic mass is 10.2. The monoisotopic (exact) mass is 432 g/mol. The Morgan fingerprint density at radius 1 is 1.03 bits per heavy atom. The predicted octanol–water partition coefficient (Wildman–Crippen LogP) is 3.58. The lowest BCUT2D eigenvalue weighted by Gasteiger charge is -2.16. The first-order chi connectivity index (χ1) is 14.8. The molecule has 10 nitrogen and oxygen atoms in total. The van der Waals surface area contributed by atoms with Gasteiger partial charge in [0.2, 0.25) is 0 Å². The van der Waals surface area contributed by atoms with E-state index >= 15 is 0 Å². The van der Waals surface area contributed by atoms with E-state index in [0.717, 1.165) is 6.07 Å². The normalized spacial score (nSPS) is 11.2. The van der Waals surface area contributed by atoms with E-state index in [2.05, 4.69) is 5.32 Å². The van der Waals surface area contributed by atoms with Crippen molar-refractivity contribution in [1.82, 2.24) is 0 Å². The van der Waals surface area contributed by atoms with Gasteiger partial charge in [0.05, 0.1) is 36.5 Å². The van der Waals surface area contributed by atoms with Gasteiger partial charge in [-0.15, -0.1) is 0 Å². The Kier molecular flexibility index (Phi) is 8.18. The summed E-state index contributed by atoms with van der Waals surface area (Å²) < 4.78 is 21.3. The zero-order chi connectivity index (χ0) is 23.0. The van der Waals surface area contributed by atoms with Gasteiger partial charge >= 0.3 is 5.97 Å². The van der Waals surface area contributed by atoms with Gasteiger partial charge in [0.1, 0.15) is 5.75 Å². The average Bonchev–Trinajstić information content (AvgIpc) is 2.75. The molecule has 31 heavy (non-hydrogen) atoms. The van der Waals surface area contributed by atoms with E-state index in [1.165, 1.54) is 38.3 Å². The van der Waals surface area contributed by atoms with Gasteiger partial charge in [-0.05, 0) is 45.0 Å². The molecule has 0 aliphatic rings. The van der Waals surface area contributed by atoms with Gasteiger partial charge in [-0.2, -0.15) is 0 Å². The standard InChI is InChI=1S/C21H24N2O8/c1-5-29-18-9-7-14(11-19(18)30-6-2)21(25)31-13(3)20(24)22-16-12-15(23(26)27)8-10-17(16)28-4/h7-13H,5-6H2,1-4H3,(H,22,24)/t13-/m1/s1. The number of carbonyl (C=O) groups is 2. The summed E-state index contributed by atoms with van der Waals surface area (Å²) in [5, 5.41) is 13.5. The molecule has 1 amide bonds. The molecular weight excluding hydrogens is 408 g/mol. The number of methoxy groups -OCH3 is 1. The van der Waals surface area contributed by atoms with Crippen molar-refractivity contribution in [3.05, 3.63) is 52.1 Å². The topological polar surface area (TPSA) is 126 Å². The van der Waals surface area contributed by atoms with Gasteiger partial charge in [0.25, 0.3) is 11.6 Å². The van der Waals surface area contributed by atoms with E-state index in [4.69, 9.17) is 18.9 Å². The second kappa shape index (κ2) is 10.8. The Balaban J connectivity index is 2.12. The molecule has 0 saturated carbocycles. The number of hydrogen-bond donors (Lipinski definition) is 1. The summed E-state index contributed by atoms with van der Waals surface area (Å²) >= 11 is 0. The zero-order valence-corrected chi connectivity index (χ0v) is 17.7. The number of nitro groups is 1. The molecule has 2 aromatic rings. The number of carbonyl (C=O) groups excluding carboxylic acids is 2. The van der Waals surface area contributed by atoms with Gasteiger partial charge < -0.3 is 24.3 Å². The van der Waals surface area contributed by atoms with Gasteiger partial charge in [-0.1, -0.05) is 0 Å². The first-order valence-electron chi connectivity index (χ1n) is 9.54. The summed E-state index contributed by atoms with van der Waals surface area (Å²) in [6, 6.07) is 8.34. The molecule has 1 N–H and O–H groups in total. The van der Waals surface area contributed by atoms with E-state index in [1.54, 1.807) is 13.0 Å². The number of nitro benzene ring substituents is 1. The molecule has 2 rings (SSSR count). The third-order valence-corrected chi connectivity index (χ3v) is 4.08. The highest BCUT2D eigenvalue weighted by atomic mass is 16.6. The summed E-state index contributed by atoms with van der Waals surface area (Å²) in [5.41, 5.74) is 0.0439. The van der Waals surface area contributed by atoms with E-state index in [0.29, 0.717) is 24.7 Å². The highest BCUT2D eigenvalue weighted by molar-refractivity contribution is 5.98. The SMILES string of the molecule is CCOc1ccc(C(=O)O[C@H](C)C(=O)Nc2cc([N+](=O)[O-])ccc2OC)cc1OCC. The van der Waals surface area contributed by atoms with Crippen molar-refractivity contribution in [3.63, 3.8) is 0 Å². The highest BCUT2D eigenvalue weighted by Gasteiger charge is 2.22. The smallest absolute Gasteiger partial charge is 0.339 e. The van der Waals surface area contributed by atoms with Crippen molar-refractivity contribution >= 4 is 23.3 Å². The Hall–Kier alpha value is -3.82. The number of rotatable bonds is 10. The molecule has 0 bridgehead atoms. The van der Waals surface area contributed by atoms with E-state index < -0.39 is 22.9 Å². The predicted molar refractivity (Wildman–Crippen MR) is 112 cm³/mol. The van der Waals surface area contributed by atoms with Crippen LogP contribution in [0.5, 0.6) is 17.2 Å². The van der Waals surface area contributed by atoms with E-state index in [9.17, 15) is 19.7 Å². The number of benzene rings is 2. The summed E-state index contributed by atoms with van der Waals surface area (Å²) in [7, 11) is 1.36. The number of anilines is 1. The number of amides is 1. The minimum atomic E-state index is -1.18. The molecule has 0 spiro atoms. The van der Waals surface area contributed by atoms with Crippen LogP contribution in [0, 0.1) is 10.1 Å². The Labute approximate surface area is 179 Å². The molecule has 0 aromatic heterocycles. The third kappa shape index (κ3) is 6.08. The van der Waals surface area contributed by atoms with Crippen LogP contribution in [0.25, 0.3) is 0 Å². The van der Waals surface area contributed by atoms with Crippen molar-refractivity contribution < 1.29 is 33.5 Å². The van der Waals surface area contributed by atoms with Crippen LogP contribution in [-0.4, -0.2) is 43.2 Å². The van der Waals surface area contributed by atoms with Crippen LogP contribution < -0.4 is 19.5 Å². The van der Waals surface area contributed by atoms with Crippen molar-refractivity contribution in [1.29, 1.82) is 0 Å². The van der Waals surface area contributed by atoms with Crippen LogP contribution in [0.15, 0.2) is 36.4 Å². The second-order valence-electron chi connectivity index (χ2n) is 6.21. The number of nitrogens with zero attached hydrogens (tertiary/aromatic N) is 1. The number of ether oxygens (including phenoxy) is 4. The zero-order valence-electron chi connectivity index (χ0n) is 17.7. The van der Waals surface area contributed by atoms with Crippen LogP contribution in [0.2, 0.25) is 0 Å². The van der Waals surface area contributed by atoms with Crippen molar-refractivity contribution in [3.8, 4) is 17.2 Å². The maximum atomic E-state index is 12.5. The Bertz CT molecular complexity index is 960. The Morgan fingerprint density at radius 3 is 2.29 bits per heavy atom. The minimum absolute atomic E-state index is 0.0873. The summed E-state index contributed by atoms with van der Waals surface area (Å²) in [6.45, 7) is 5.82. The summed E-state index contributed by atoms with van der Waals surface area (Å²) in [6.07, 6.45) is -1.18. The van der Waals surface area contributed by atoms with Gasteiger partial charge in [0, 0.05) is 12.1 Å². The van der Waals surface area contributed by atoms with Crippen molar-refractivity contribution in [2.75, 3.05) is 25.6 Å². The molecule has 0 unspecified atom stereocenters. The quantitative estimate of drug-likeness (QED) is 0.343. The van der Waals surface area contributed by atoms with Crippen molar-refractivity contribution in [2.24, 2.45) is 0 Å². The first kappa shape index (κ1) is 23.5. The molecule has 0 radical (unpaired) electrons. The lowest BCUT2D eigenvalue weighted by molar-refractivity contribution is -0.384. The maximum Gasteiger partial charge on any atom is 0.339 e. The minimum Gasteiger partial charge on any atom is -0.495 e. The van der Waals surface area contributed by atoms with Crippen LogP contribution in [0.3, 0.4) is 0 Å². The Morgan fingerprint density at radius 2 is 1.68 bits per heavy atom. The summed E-state index contributed by atoms with van der Waals surface area (Å²) in [5.74, 6) is -0.312. The fraction of sp³-hybridized carbons (Fsp3) is 0.333. The molecule has 0 saturated heterocycles. The number of hydrogen-bond acceptors (Lipinski definition) is 8. The number of non-ortho nitro benzene ring substituents is 1. The van der Waals surface area contributed by atoms with E-state index in [1.807, 2.05) is 6.92 Å². The van der Waals surface area contributed by atoms with Gasteiger partial charge in [-0.3, -0.25) is 14.9 Å². The second-order valence-corrected chi connectivity index (χ2v) is 6.21. The van der Waals surface area contributed by atoms with Crippen LogP contribution in [-0.2, 0) is 9.53 Å². The van der Waals surface area contributed by atoms with Crippen molar-refractivity contribution in [2.45, 2.75) is 26.9 Å². The third-order valence-electron chi connectivity index (χ3n) is 4.08. The molecule has 2 aromatic carbocycles. The molecule has 0 aliphatic carbocycles. The molecule has 0 fully saturated rings. The van der Waals surface area contributed by atoms with E-state index in [-0.39, 0.29) is 22.7 Å². The largest absolute Gasteiger partial charge is 0.495 e. The fourth-order valence-electron chi connectivity index (χ4n) is 2.60. The number of nitrogens with one attached hydrogen (secondary N) is 1. The number of esters is 1. The molecule has 10 heteroatoms. The van der Waals surface area contributed by atoms with Gasteiger partial charge in [-0.25, -0.2) is 4.79 Å². The van der Waals surface area contributed by atoms with Crippen LogP contribution >= 0.6 is 0 Å². The molecule has 1 atom stereocenters. The molecule has 0 heterocycles. The lowest BCUT2D eigenvalue weighted by Crippen LogP contribution is -2.30.